The maximum Gasteiger partial charge on any atom is -0.0106 e. The summed E-state index contributed by atoms with van der Waals surface area (Å²) in [5.41, 5.74) is 4.30. The van der Waals surface area contributed by atoms with Gasteiger partial charge in [0, 0.05) is 0 Å². The van der Waals surface area contributed by atoms with Crippen LogP contribution in [-0.4, -0.2) is 0 Å². The molecule has 1 heteroatoms. The fraction of sp³-hybridized carbons (Fsp3) is 0.250. The molecule has 0 bridgehead atoms. The quantitative estimate of drug-likeness (QED) is 0.507. The van der Waals surface area contributed by atoms with E-state index in [9.17, 15) is 0 Å². The van der Waals surface area contributed by atoms with Crippen molar-refractivity contribution in [2.75, 3.05) is 0 Å². The van der Waals surface area contributed by atoms with Gasteiger partial charge in [-0.3, -0.25) is 0 Å². The van der Waals surface area contributed by atoms with Gasteiger partial charge in [0.05, 0.1) is 0 Å². The molecule has 0 aromatic heterocycles. The Kier molecular flexibility index (Phi) is 5.28. The molecule has 0 radical (unpaired) electrons. The van der Waals surface area contributed by atoms with Gasteiger partial charge in [0.2, 0.25) is 0 Å². The molecule has 1 fully saturated rings. The van der Waals surface area contributed by atoms with E-state index in [0.717, 1.165) is 14.5 Å². The van der Waals surface area contributed by atoms with Crippen molar-refractivity contribution in [2.45, 2.75) is 38.0 Å². The van der Waals surface area contributed by atoms with Gasteiger partial charge in [-0.15, -0.1) is 0 Å². The van der Waals surface area contributed by atoms with Crippen LogP contribution in [0, 0.1) is 0 Å². The molecule has 3 aromatic carbocycles. The Bertz CT molecular complexity index is 816. The smallest absolute Gasteiger partial charge is 0.0106 e. The largest absolute Gasteiger partial charge is 0.0622 e. The Morgan fingerprint density at radius 1 is 0.600 bits per heavy atom. The van der Waals surface area contributed by atoms with Crippen LogP contribution in [-0.2, 0) is 0 Å². The van der Waals surface area contributed by atoms with Crippen molar-refractivity contribution in [1.29, 1.82) is 0 Å². The summed E-state index contributed by atoms with van der Waals surface area (Å²) in [6.45, 7) is 0. The fourth-order valence-electron chi connectivity index (χ4n) is 3.99. The van der Waals surface area contributed by atoms with Crippen LogP contribution < -0.4 is 10.6 Å². The summed E-state index contributed by atoms with van der Waals surface area (Å²) < 4.78 is 0. The first kappa shape index (κ1) is 16.6. The summed E-state index contributed by atoms with van der Waals surface area (Å²) in [4.78, 5) is 0. The van der Waals surface area contributed by atoms with Crippen molar-refractivity contribution in [2.24, 2.45) is 0 Å². The van der Waals surface area contributed by atoms with Crippen molar-refractivity contribution in [3.63, 3.8) is 0 Å². The lowest BCUT2D eigenvalue weighted by atomic mass is 9.84. The molecule has 1 aliphatic rings. The molecule has 126 valence electrons. The first-order valence-electron chi connectivity index (χ1n) is 9.42. The molecule has 0 amide bonds. The molecule has 25 heavy (non-hydrogen) atoms. The van der Waals surface area contributed by atoms with Gasteiger partial charge in [-0.25, -0.2) is 0 Å². The zero-order chi connectivity index (χ0) is 16.9. The summed E-state index contributed by atoms with van der Waals surface area (Å²) in [6.07, 6.45) is 6.92. The van der Waals surface area contributed by atoms with E-state index in [1.807, 2.05) is 0 Å². The summed E-state index contributed by atoms with van der Waals surface area (Å²) in [7, 11) is 0.724. The van der Waals surface area contributed by atoms with Gasteiger partial charge >= 0.3 is 0 Å². The van der Waals surface area contributed by atoms with Crippen molar-refractivity contribution in [3.05, 3.63) is 84.4 Å². The molecule has 0 heterocycles. The third-order valence-electron chi connectivity index (χ3n) is 5.29. The molecule has 1 atom stereocenters. The minimum atomic E-state index is 0.724. The maximum atomic E-state index is 2.38. The first-order chi connectivity index (χ1) is 12.4. The molecule has 0 aliphatic heterocycles. The average molecular weight is 344 g/mol. The van der Waals surface area contributed by atoms with Crippen LogP contribution in [0.2, 0.25) is 0 Å². The Morgan fingerprint density at radius 3 is 2.04 bits per heavy atom. The third kappa shape index (κ3) is 3.86. The van der Waals surface area contributed by atoms with E-state index in [-0.39, 0.29) is 0 Å². The lowest BCUT2D eigenvalue weighted by Crippen LogP contribution is -2.15. The van der Waals surface area contributed by atoms with E-state index in [1.54, 1.807) is 5.56 Å². The van der Waals surface area contributed by atoms with E-state index < -0.39 is 0 Å². The monoisotopic (exact) mass is 344 g/mol. The zero-order valence-corrected chi connectivity index (χ0v) is 15.6. The second-order valence-electron chi connectivity index (χ2n) is 6.96. The van der Waals surface area contributed by atoms with Gasteiger partial charge < -0.3 is 0 Å². The molecule has 0 spiro atoms. The minimum absolute atomic E-state index is 0.724. The van der Waals surface area contributed by atoms with Crippen LogP contribution in [0.4, 0.5) is 0 Å². The van der Waals surface area contributed by atoms with Crippen LogP contribution in [0.3, 0.4) is 0 Å². The van der Waals surface area contributed by atoms with Gasteiger partial charge in [0.25, 0.3) is 0 Å². The molecular weight excluding hydrogens is 319 g/mol. The molecule has 1 unspecified atom stereocenters. The summed E-state index contributed by atoms with van der Waals surface area (Å²) in [6, 6.07) is 28.9. The highest BCUT2D eigenvalue weighted by atomic mass is 31.1. The lowest BCUT2D eigenvalue weighted by Gasteiger charge is -2.24. The van der Waals surface area contributed by atoms with E-state index in [1.165, 1.54) is 53.8 Å². The van der Waals surface area contributed by atoms with Crippen molar-refractivity contribution >= 4 is 19.2 Å². The SMILES string of the molecule is c1ccc(-c2ccccc2Pc2ccccc2C2CCCCC2)cc1. The van der Waals surface area contributed by atoms with Gasteiger partial charge in [0.1, 0.15) is 0 Å². The second kappa shape index (κ2) is 7.98. The predicted molar refractivity (Wildman–Crippen MR) is 112 cm³/mol. The van der Waals surface area contributed by atoms with Gasteiger partial charge in [-0.2, -0.15) is 0 Å². The van der Waals surface area contributed by atoms with Crippen LogP contribution >= 0.6 is 8.58 Å². The zero-order valence-electron chi connectivity index (χ0n) is 14.6. The van der Waals surface area contributed by atoms with Gasteiger partial charge in [-0.1, -0.05) is 107 Å². The molecule has 0 saturated heterocycles. The summed E-state index contributed by atoms with van der Waals surface area (Å²) in [5.74, 6) is 0.765. The van der Waals surface area contributed by atoms with Crippen molar-refractivity contribution in [3.8, 4) is 11.1 Å². The summed E-state index contributed by atoms with van der Waals surface area (Å²) >= 11 is 0. The number of rotatable bonds is 4. The Balaban J connectivity index is 1.68. The normalized spacial score (nSPS) is 15.7. The highest BCUT2D eigenvalue weighted by Gasteiger charge is 2.18. The number of hydrogen-bond donors (Lipinski definition) is 0. The predicted octanol–water partition coefficient (Wildman–Crippen LogP) is 6.03. The van der Waals surface area contributed by atoms with E-state index in [4.69, 9.17) is 0 Å². The van der Waals surface area contributed by atoms with Crippen LogP contribution in [0.5, 0.6) is 0 Å². The Morgan fingerprint density at radius 2 is 1.24 bits per heavy atom. The summed E-state index contributed by atoms with van der Waals surface area (Å²) in [5, 5.41) is 3.00. The van der Waals surface area contributed by atoms with Crippen molar-refractivity contribution in [1.82, 2.24) is 0 Å². The fourth-order valence-corrected chi connectivity index (χ4v) is 5.43. The number of hydrogen-bond acceptors (Lipinski definition) is 0. The highest BCUT2D eigenvalue weighted by Crippen LogP contribution is 2.34. The molecule has 1 aliphatic carbocycles. The standard InChI is InChI=1S/C24H25P/c1-3-11-19(12-4-1)21-15-7-9-17-23(21)25-24-18-10-8-16-22(24)20-13-5-2-6-14-20/h1,3-4,7-12,15-18,20,25H,2,5-6,13-14H2. The lowest BCUT2D eigenvalue weighted by molar-refractivity contribution is 0.445. The Labute approximate surface area is 153 Å². The molecule has 0 N–H and O–H groups in total. The molecule has 4 rings (SSSR count). The molecule has 3 aromatic rings. The van der Waals surface area contributed by atoms with E-state index in [0.29, 0.717) is 0 Å². The minimum Gasteiger partial charge on any atom is -0.0622 e. The molecule has 1 saturated carbocycles. The maximum absolute atomic E-state index is 2.38. The highest BCUT2D eigenvalue weighted by molar-refractivity contribution is 7.56. The van der Waals surface area contributed by atoms with E-state index in [2.05, 4.69) is 78.9 Å². The van der Waals surface area contributed by atoms with Gasteiger partial charge in [0.15, 0.2) is 0 Å². The van der Waals surface area contributed by atoms with E-state index >= 15 is 0 Å². The second-order valence-corrected chi connectivity index (χ2v) is 8.29. The Hall–Kier alpha value is -1.91. The molecular formula is C24H25P. The third-order valence-corrected chi connectivity index (χ3v) is 6.72. The molecule has 0 nitrogen and oxygen atoms in total. The van der Waals surface area contributed by atoms with Crippen LogP contribution in [0.15, 0.2) is 78.9 Å². The van der Waals surface area contributed by atoms with Crippen LogP contribution in [0.25, 0.3) is 11.1 Å². The van der Waals surface area contributed by atoms with Crippen LogP contribution in [0.1, 0.15) is 43.6 Å². The average Bonchev–Trinajstić information content (AvgIpc) is 2.70. The topological polar surface area (TPSA) is 0 Å². The van der Waals surface area contributed by atoms with Crippen molar-refractivity contribution < 1.29 is 0 Å². The van der Waals surface area contributed by atoms with Gasteiger partial charge in [-0.05, 0) is 46.1 Å². The number of benzene rings is 3. The first-order valence-corrected chi connectivity index (χ1v) is 10.4.